The summed E-state index contributed by atoms with van der Waals surface area (Å²) in [6.07, 6.45) is 6.72. The first kappa shape index (κ1) is 24.9. The van der Waals surface area contributed by atoms with Gasteiger partial charge in [0.05, 0.1) is 15.6 Å². The quantitative estimate of drug-likeness (QED) is 0.553. The fraction of sp³-hybridized carbons (Fsp3) is 0.429. The lowest BCUT2D eigenvalue weighted by molar-refractivity contribution is -0.145. The normalized spacial score (nSPS) is 14.8. The van der Waals surface area contributed by atoms with E-state index in [0.717, 1.165) is 25.7 Å². The molecule has 0 saturated carbocycles. The molecule has 0 atom stereocenters. The van der Waals surface area contributed by atoms with Gasteiger partial charge in [0, 0.05) is 32.5 Å². The van der Waals surface area contributed by atoms with Crippen molar-refractivity contribution in [3.05, 3.63) is 41.7 Å². The molecule has 1 aliphatic rings. The van der Waals surface area contributed by atoms with Gasteiger partial charge in [0.1, 0.15) is 6.54 Å². The molecule has 1 aromatic heterocycles. The first-order valence-electron chi connectivity index (χ1n) is 10.5. The first-order chi connectivity index (χ1) is 15.8. The highest BCUT2D eigenvalue weighted by molar-refractivity contribution is 7.89. The number of carbonyl (C=O) groups is 2. The number of amides is 1. The Hall–Kier alpha value is -2.76. The predicted molar refractivity (Wildman–Crippen MR) is 124 cm³/mol. The van der Waals surface area contributed by atoms with E-state index in [-0.39, 0.29) is 22.2 Å². The van der Waals surface area contributed by atoms with Gasteiger partial charge in [0.15, 0.2) is 6.61 Å². The first-order valence-corrected chi connectivity index (χ1v) is 12.3. The van der Waals surface area contributed by atoms with Crippen LogP contribution in [-0.4, -0.2) is 67.9 Å². The van der Waals surface area contributed by atoms with Gasteiger partial charge in [0.25, 0.3) is 5.91 Å². The van der Waals surface area contributed by atoms with Crippen LogP contribution >= 0.6 is 11.6 Å². The number of aromatic nitrogens is 2. The second-order valence-corrected chi connectivity index (χ2v) is 9.92. The molecule has 33 heavy (non-hydrogen) atoms. The summed E-state index contributed by atoms with van der Waals surface area (Å²) in [4.78, 5) is 33.9. The molecule has 0 aliphatic carbocycles. The number of benzene rings is 1. The molecule has 10 nitrogen and oxygen atoms in total. The Morgan fingerprint density at radius 3 is 2.48 bits per heavy atom. The van der Waals surface area contributed by atoms with E-state index >= 15 is 0 Å². The maximum Gasteiger partial charge on any atom is 0.326 e. The molecule has 0 spiro atoms. The van der Waals surface area contributed by atoms with Gasteiger partial charge in [-0.25, -0.2) is 18.4 Å². The zero-order valence-electron chi connectivity index (χ0n) is 18.2. The van der Waals surface area contributed by atoms with Crippen LogP contribution in [0.1, 0.15) is 25.7 Å². The number of hydrogen-bond acceptors (Lipinski definition) is 8. The molecule has 1 aromatic carbocycles. The summed E-state index contributed by atoms with van der Waals surface area (Å²) in [5.74, 6) is -0.954. The van der Waals surface area contributed by atoms with E-state index in [1.807, 2.05) is 0 Å². The monoisotopic (exact) mass is 495 g/mol. The maximum atomic E-state index is 13.0. The third kappa shape index (κ3) is 6.86. The summed E-state index contributed by atoms with van der Waals surface area (Å²) in [7, 11) is -2.09. The van der Waals surface area contributed by atoms with E-state index in [0.29, 0.717) is 19.0 Å². The zero-order chi connectivity index (χ0) is 23.8. The fourth-order valence-corrected chi connectivity index (χ4v) is 5.03. The van der Waals surface area contributed by atoms with Crippen molar-refractivity contribution in [2.45, 2.75) is 30.6 Å². The van der Waals surface area contributed by atoms with Crippen molar-refractivity contribution in [2.24, 2.45) is 0 Å². The Morgan fingerprint density at radius 2 is 1.82 bits per heavy atom. The van der Waals surface area contributed by atoms with E-state index in [4.69, 9.17) is 16.3 Å². The van der Waals surface area contributed by atoms with E-state index in [9.17, 15) is 18.0 Å². The molecule has 178 valence electrons. The molecule has 12 heteroatoms. The molecule has 2 heterocycles. The minimum atomic E-state index is -3.71. The SMILES string of the molecule is CN(CC(=O)OCC(=O)Nc1cc(S(=O)(=O)N2CCCCCC2)ccc1Cl)c1ncccn1. The Kier molecular flexibility index (Phi) is 8.59. The van der Waals surface area contributed by atoms with Crippen molar-refractivity contribution in [3.8, 4) is 0 Å². The number of sulfonamides is 1. The number of carbonyl (C=O) groups excluding carboxylic acids is 2. The summed E-state index contributed by atoms with van der Waals surface area (Å²) in [6.45, 7) is 0.222. The van der Waals surface area contributed by atoms with Crippen molar-refractivity contribution in [1.29, 1.82) is 0 Å². The average Bonchev–Trinajstić information content (AvgIpc) is 3.10. The molecule has 1 fully saturated rings. The molecule has 0 radical (unpaired) electrons. The van der Waals surface area contributed by atoms with E-state index in [2.05, 4.69) is 15.3 Å². The smallest absolute Gasteiger partial charge is 0.326 e. The summed E-state index contributed by atoms with van der Waals surface area (Å²) in [5.41, 5.74) is 0.128. The van der Waals surface area contributed by atoms with E-state index in [1.165, 1.54) is 27.4 Å². The maximum absolute atomic E-state index is 13.0. The second-order valence-electron chi connectivity index (χ2n) is 7.57. The van der Waals surface area contributed by atoms with E-state index < -0.39 is 28.5 Å². The minimum absolute atomic E-state index is 0.0468. The van der Waals surface area contributed by atoms with Gasteiger partial charge in [-0.15, -0.1) is 0 Å². The topological polar surface area (TPSA) is 122 Å². The lowest BCUT2D eigenvalue weighted by Crippen LogP contribution is -2.32. The van der Waals surface area contributed by atoms with Crippen LogP contribution in [0.4, 0.5) is 11.6 Å². The minimum Gasteiger partial charge on any atom is -0.454 e. The molecular formula is C21H26ClN5O5S. The number of anilines is 2. The summed E-state index contributed by atoms with van der Waals surface area (Å²) >= 11 is 6.15. The Morgan fingerprint density at radius 1 is 1.15 bits per heavy atom. The number of nitrogens with one attached hydrogen (secondary N) is 1. The fourth-order valence-electron chi connectivity index (χ4n) is 3.32. The summed E-state index contributed by atoms with van der Waals surface area (Å²) in [5, 5.41) is 2.68. The molecule has 0 unspecified atom stereocenters. The predicted octanol–water partition coefficient (Wildman–Crippen LogP) is 2.31. The van der Waals surface area contributed by atoms with Crippen molar-refractivity contribution in [3.63, 3.8) is 0 Å². The largest absolute Gasteiger partial charge is 0.454 e. The van der Waals surface area contributed by atoms with Gasteiger partial charge < -0.3 is 15.0 Å². The number of halogens is 1. The third-order valence-electron chi connectivity index (χ3n) is 5.04. The van der Waals surface area contributed by atoms with Crippen LogP contribution in [0.3, 0.4) is 0 Å². The standard InChI is InChI=1S/C21H26ClN5O5S/c1-26(21-23-9-6-10-24-21)14-20(29)32-15-19(28)25-18-13-16(7-8-17(18)22)33(30,31)27-11-4-2-3-5-12-27/h6-10,13H,2-5,11-12,14-15H2,1H3,(H,25,28). The summed E-state index contributed by atoms with van der Waals surface area (Å²) < 4.78 is 32.5. The van der Waals surface area contributed by atoms with Gasteiger partial charge in [-0.3, -0.25) is 9.59 Å². The van der Waals surface area contributed by atoms with Gasteiger partial charge in [-0.05, 0) is 37.1 Å². The molecule has 3 rings (SSSR count). The number of nitrogens with zero attached hydrogens (tertiary/aromatic N) is 4. The summed E-state index contributed by atoms with van der Waals surface area (Å²) in [6, 6.07) is 5.81. The number of rotatable bonds is 8. The van der Waals surface area contributed by atoms with Crippen molar-refractivity contribution >= 4 is 45.1 Å². The van der Waals surface area contributed by atoms with Crippen LogP contribution < -0.4 is 10.2 Å². The third-order valence-corrected chi connectivity index (χ3v) is 7.26. The molecule has 1 amide bonds. The molecule has 1 saturated heterocycles. The molecule has 2 aromatic rings. The number of esters is 1. The Balaban J connectivity index is 1.58. The van der Waals surface area contributed by atoms with Gasteiger partial charge in [0.2, 0.25) is 16.0 Å². The highest BCUT2D eigenvalue weighted by atomic mass is 35.5. The molecule has 1 aliphatic heterocycles. The van der Waals surface area contributed by atoms with E-state index in [1.54, 1.807) is 25.5 Å². The highest BCUT2D eigenvalue weighted by Gasteiger charge is 2.26. The second kappa shape index (κ2) is 11.4. The van der Waals surface area contributed by atoms with Gasteiger partial charge >= 0.3 is 5.97 Å². The van der Waals surface area contributed by atoms with Crippen LogP contribution in [0.15, 0.2) is 41.6 Å². The average molecular weight is 496 g/mol. The van der Waals surface area contributed by atoms with Crippen LogP contribution in [0.2, 0.25) is 5.02 Å². The van der Waals surface area contributed by atoms with Crippen molar-refractivity contribution < 1.29 is 22.7 Å². The lowest BCUT2D eigenvalue weighted by Gasteiger charge is -2.20. The number of likely N-dealkylation sites (N-methyl/N-ethyl adjacent to an activating group) is 1. The number of hydrogen-bond donors (Lipinski definition) is 1. The highest BCUT2D eigenvalue weighted by Crippen LogP contribution is 2.28. The van der Waals surface area contributed by atoms with Gasteiger partial charge in [-0.1, -0.05) is 24.4 Å². The molecule has 0 bridgehead atoms. The van der Waals surface area contributed by atoms with Crippen LogP contribution in [0.25, 0.3) is 0 Å². The Bertz CT molecular complexity index is 1080. The molecular weight excluding hydrogens is 470 g/mol. The number of ether oxygens (including phenoxy) is 1. The Labute approximate surface area is 198 Å². The van der Waals surface area contributed by atoms with Crippen LogP contribution in [0.5, 0.6) is 0 Å². The van der Waals surface area contributed by atoms with Crippen molar-refractivity contribution in [1.82, 2.24) is 14.3 Å². The molecule has 1 N–H and O–H groups in total. The zero-order valence-corrected chi connectivity index (χ0v) is 19.8. The van der Waals surface area contributed by atoms with Gasteiger partial charge in [-0.2, -0.15) is 4.31 Å². The van der Waals surface area contributed by atoms with Crippen LogP contribution in [0, 0.1) is 0 Å². The van der Waals surface area contributed by atoms with Crippen molar-refractivity contribution in [2.75, 3.05) is 43.5 Å². The lowest BCUT2D eigenvalue weighted by atomic mass is 10.2. The van der Waals surface area contributed by atoms with Crippen LogP contribution in [-0.2, 0) is 24.3 Å².